The molecule has 0 fully saturated rings. The van der Waals surface area contributed by atoms with E-state index in [9.17, 15) is 14.4 Å². The number of nitrogens with one attached hydrogen (secondary N) is 3. The maximum Gasteiger partial charge on any atom is 0.408 e. The monoisotopic (exact) mass is 379 g/mol. The molecule has 0 radical (unpaired) electrons. The molecule has 0 aliphatic heterocycles. The Kier molecular flexibility index (Phi) is 8.24. The van der Waals surface area contributed by atoms with Crippen LogP contribution < -0.4 is 16.0 Å². The van der Waals surface area contributed by atoms with Crippen LogP contribution in [0.4, 0.5) is 10.5 Å². The number of alkyl carbamates (subject to hydrolysis) is 1. The van der Waals surface area contributed by atoms with E-state index in [-0.39, 0.29) is 19.1 Å². The van der Waals surface area contributed by atoms with Crippen molar-refractivity contribution in [3.63, 3.8) is 0 Å². The maximum absolute atomic E-state index is 12.3. The zero-order chi connectivity index (χ0) is 20.6. The zero-order valence-electron chi connectivity index (χ0n) is 16.5. The summed E-state index contributed by atoms with van der Waals surface area (Å²) in [6.07, 6.45) is -0.690. The van der Waals surface area contributed by atoms with Crippen LogP contribution >= 0.6 is 0 Å². The van der Waals surface area contributed by atoms with Crippen molar-refractivity contribution < 1.29 is 24.2 Å². The predicted molar refractivity (Wildman–Crippen MR) is 102 cm³/mol. The number of hydrogen-bond donors (Lipinski definition) is 4. The van der Waals surface area contributed by atoms with Crippen LogP contribution in [-0.2, 0) is 20.9 Å². The fraction of sp³-hybridized carbons (Fsp3) is 0.526. The number of carbonyl (C=O) groups is 3. The third-order valence-corrected chi connectivity index (χ3v) is 3.46. The molecule has 0 saturated carbocycles. The van der Waals surface area contributed by atoms with Gasteiger partial charge in [0.25, 0.3) is 0 Å². The molecule has 0 bridgehead atoms. The third-order valence-electron chi connectivity index (χ3n) is 3.46. The summed E-state index contributed by atoms with van der Waals surface area (Å²) in [4.78, 5) is 36.2. The van der Waals surface area contributed by atoms with E-state index in [4.69, 9.17) is 9.84 Å². The van der Waals surface area contributed by atoms with Crippen LogP contribution in [0.5, 0.6) is 0 Å². The summed E-state index contributed by atoms with van der Waals surface area (Å²) >= 11 is 0. The van der Waals surface area contributed by atoms with Gasteiger partial charge in [-0.3, -0.25) is 9.59 Å². The van der Waals surface area contributed by atoms with Crippen LogP contribution in [0.25, 0.3) is 0 Å². The molecule has 3 amide bonds. The standard InChI is InChI=1S/C19H29N3O5/c1-12(2)16(22-18(26)27-19(3,4)5)17(25)20-10-15(24)21-14-8-6-13(11-23)7-9-14/h6-9,12,16,23H,10-11H2,1-5H3,(H,20,25)(H,21,24)(H,22,26)/t16-/m0/s1. The summed E-state index contributed by atoms with van der Waals surface area (Å²) < 4.78 is 5.16. The van der Waals surface area contributed by atoms with Gasteiger partial charge in [-0.15, -0.1) is 0 Å². The molecular weight excluding hydrogens is 350 g/mol. The van der Waals surface area contributed by atoms with E-state index in [1.165, 1.54) is 0 Å². The largest absolute Gasteiger partial charge is 0.444 e. The number of ether oxygens (including phenoxy) is 1. The molecule has 0 aliphatic rings. The van der Waals surface area contributed by atoms with Crippen LogP contribution in [0.15, 0.2) is 24.3 Å². The summed E-state index contributed by atoms with van der Waals surface area (Å²) in [6.45, 7) is 8.44. The van der Waals surface area contributed by atoms with E-state index in [0.717, 1.165) is 5.56 Å². The molecule has 0 unspecified atom stereocenters. The molecule has 0 spiro atoms. The van der Waals surface area contributed by atoms with Gasteiger partial charge in [-0.25, -0.2) is 4.79 Å². The molecule has 1 aromatic rings. The van der Waals surface area contributed by atoms with Gasteiger partial charge in [-0.05, 0) is 44.4 Å². The van der Waals surface area contributed by atoms with E-state index in [0.29, 0.717) is 5.69 Å². The van der Waals surface area contributed by atoms with Crippen molar-refractivity contribution >= 4 is 23.6 Å². The molecular formula is C19H29N3O5. The molecule has 4 N–H and O–H groups in total. The maximum atomic E-state index is 12.3. The molecule has 0 saturated heterocycles. The van der Waals surface area contributed by atoms with Gasteiger partial charge >= 0.3 is 6.09 Å². The van der Waals surface area contributed by atoms with Crippen molar-refractivity contribution in [3.05, 3.63) is 29.8 Å². The van der Waals surface area contributed by atoms with Crippen LogP contribution in [0.1, 0.15) is 40.2 Å². The second-order valence-electron chi connectivity index (χ2n) is 7.49. The van der Waals surface area contributed by atoms with Crippen molar-refractivity contribution in [3.8, 4) is 0 Å². The minimum absolute atomic E-state index is 0.0779. The van der Waals surface area contributed by atoms with Crippen molar-refractivity contribution in [2.45, 2.75) is 52.9 Å². The normalized spacial score (nSPS) is 12.3. The van der Waals surface area contributed by atoms with E-state index in [1.807, 2.05) is 0 Å². The molecule has 0 aromatic heterocycles. The Balaban J connectivity index is 2.55. The molecule has 27 heavy (non-hydrogen) atoms. The molecule has 8 heteroatoms. The van der Waals surface area contributed by atoms with E-state index < -0.39 is 29.6 Å². The van der Waals surface area contributed by atoms with Crippen LogP contribution in [0, 0.1) is 5.92 Å². The van der Waals surface area contributed by atoms with Gasteiger partial charge in [0, 0.05) is 5.69 Å². The smallest absolute Gasteiger partial charge is 0.408 e. The average molecular weight is 379 g/mol. The fourth-order valence-corrected chi connectivity index (χ4v) is 2.15. The topological polar surface area (TPSA) is 117 Å². The minimum Gasteiger partial charge on any atom is -0.444 e. The number of aliphatic hydroxyl groups excluding tert-OH is 1. The Hall–Kier alpha value is -2.61. The number of benzene rings is 1. The second-order valence-corrected chi connectivity index (χ2v) is 7.49. The lowest BCUT2D eigenvalue weighted by atomic mass is 10.0. The second kappa shape index (κ2) is 9.91. The highest BCUT2D eigenvalue weighted by Gasteiger charge is 2.27. The van der Waals surface area contributed by atoms with E-state index in [1.54, 1.807) is 58.9 Å². The van der Waals surface area contributed by atoms with Crippen molar-refractivity contribution in [2.24, 2.45) is 5.92 Å². The summed E-state index contributed by atoms with van der Waals surface area (Å²) in [5.74, 6) is -1.06. The fourth-order valence-electron chi connectivity index (χ4n) is 2.15. The molecule has 1 atom stereocenters. The van der Waals surface area contributed by atoms with Crippen molar-refractivity contribution in [2.75, 3.05) is 11.9 Å². The number of carbonyl (C=O) groups excluding carboxylic acids is 3. The minimum atomic E-state index is -0.823. The Bertz CT molecular complexity index is 650. The Morgan fingerprint density at radius 3 is 2.19 bits per heavy atom. The quantitative estimate of drug-likeness (QED) is 0.576. The summed E-state index contributed by atoms with van der Waals surface area (Å²) in [5, 5.41) is 16.7. The van der Waals surface area contributed by atoms with Gasteiger partial charge in [-0.2, -0.15) is 0 Å². The lowest BCUT2D eigenvalue weighted by Crippen LogP contribution is -2.52. The summed E-state index contributed by atoms with van der Waals surface area (Å²) in [5.41, 5.74) is 0.612. The van der Waals surface area contributed by atoms with Gasteiger partial charge in [0.15, 0.2) is 0 Å². The van der Waals surface area contributed by atoms with Crippen LogP contribution in [0.3, 0.4) is 0 Å². The first kappa shape index (κ1) is 22.4. The first-order valence-electron chi connectivity index (χ1n) is 8.78. The first-order chi connectivity index (χ1) is 12.5. The number of aliphatic hydroxyl groups is 1. The highest BCUT2D eigenvalue weighted by Crippen LogP contribution is 2.10. The Morgan fingerprint density at radius 2 is 1.70 bits per heavy atom. The molecule has 0 aliphatic carbocycles. The average Bonchev–Trinajstić information content (AvgIpc) is 2.56. The first-order valence-corrected chi connectivity index (χ1v) is 8.78. The van der Waals surface area contributed by atoms with E-state index >= 15 is 0 Å². The van der Waals surface area contributed by atoms with Gasteiger partial charge in [0.05, 0.1) is 13.2 Å². The van der Waals surface area contributed by atoms with Gasteiger partial charge in [-0.1, -0.05) is 26.0 Å². The van der Waals surface area contributed by atoms with Gasteiger partial charge in [0.1, 0.15) is 11.6 Å². The van der Waals surface area contributed by atoms with Crippen molar-refractivity contribution in [1.82, 2.24) is 10.6 Å². The summed E-state index contributed by atoms with van der Waals surface area (Å²) in [7, 11) is 0. The van der Waals surface area contributed by atoms with Crippen LogP contribution in [-0.4, -0.2) is 41.2 Å². The number of rotatable bonds is 7. The number of anilines is 1. The predicted octanol–water partition coefficient (Wildman–Crippen LogP) is 1.78. The van der Waals surface area contributed by atoms with Gasteiger partial charge in [0.2, 0.25) is 11.8 Å². The molecule has 150 valence electrons. The third kappa shape index (κ3) is 8.54. The SMILES string of the molecule is CC(C)[C@H](NC(=O)OC(C)(C)C)C(=O)NCC(=O)Nc1ccc(CO)cc1. The lowest BCUT2D eigenvalue weighted by Gasteiger charge is -2.25. The Morgan fingerprint density at radius 1 is 1.11 bits per heavy atom. The molecule has 0 heterocycles. The zero-order valence-corrected chi connectivity index (χ0v) is 16.5. The molecule has 1 rings (SSSR count). The number of amides is 3. The van der Waals surface area contributed by atoms with Crippen molar-refractivity contribution in [1.29, 1.82) is 0 Å². The van der Waals surface area contributed by atoms with E-state index in [2.05, 4.69) is 16.0 Å². The molecule has 8 nitrogen and oxygen atoms in total. The highest BCUT2D eigenvalue weighted by atomic mass is 16.6. The Labute approximate surface area is 159 Å². The van der Waals surface area contributed by atoms with Crippen LogP contribution in [0.2, 0.25) is 0 Å². The highest BCUT2D eigenvalue weighted by molar-refractivity contribution is 5.95. The van der Waals surface area contributed by atoms with Gasteiger partial charge < -0.3 is 25.8 Å². The lowest BCUT2D eigenvalue weighted by molar-refractivity contribution is -0.126. The molecule has 1 aromatic carbocycles. The summed E-state index contributed by atoms with van der Waals surface area (Å²) in [6, 6.07) is 5.87. The number of hydrogen-bond acceptors (Lipinski definition) is 5.